The van der Waals surface area contributed by atoms with E-state index in [4.69, 9.17) is 14.2 Å². The number of ether oxygens (including phenoxy) is 3. The lowest BCUT2D eigenvalue weighted by atomic mass is 10.0. The summed E-state index contributed by atoms with van der Waals surface area (Å²) in [6.45, 7) is 6.58. The lowest BCUT2D eigenvalue weighted by Gasteiger charge is -2.18. The summed E-state index contributed by atoms with van der Waals surface area (Å²) in [5.74, 6) is -0.880. The van der Waals surface area contributed by atoms with Gasteiger partial charge >= 0.3 is 17.9 Å². The van der Waals surface area contributed by atoms with Crippen molar-refractivity contribution in [2.45, 2.75) is 264 Å². The molecular weight excluding hydrogens is 697 g/mol. The highest BCUT2D eigenvalue weighted by Gasteiger charge is 2.19. The highest BCUT2D eigenvalue weighted by Crippen LogP contribution is 2.15. The maximum Gasteiger partial charge on any atom is 0.306 e. The molecule has 0 heterocycles. The number of hydrogen-bond acceptors (Lipinski definition) is 6. The normalized spacial score (nSPS) is 12.1. The van der Waals surface area contributed by atoms with Crippen molar-refractivity contribution in [3.05, 3.63) is 24.3 Å². The maximum absolute atomic E-state index is 12.7. The van der Waals surface area contributed by atoms with E-state index in [0.29, 0.717) is 19.3 Å². The van der Waals surface area contributed by atoms with Crippen LogP contribution >= 0.6 is 0 Å². The molecule has 56 heavy (non-hydrogen) atoms. The summed E-state index contributed by atoms with van der Waals surface area (Å²) in [6.07, 6.45) is 50.1. The molecule has 0 bridgehead atoms. The first-order valence-electron chi connectivity index (χ1n) is 24.3. The zero-order chi connectivity index (χ0) is 40.8. The third-order valence-corrected chi connectivity index (χ3v) is 10.7. The van der Waals surface area contributed by atoms with Crippen molar-refractivity contribution in [3.63, 3.8) is 0 Å². The molecule has 0 aliphatic rings. The van der Waals surface area contributed by atoms with Gasteiger partial charge in [-0.25, -0.2) is 0 Å². The number of unbranched alkanes of at least 4 members (excludes halogenated alkanes) is 29. The fourth-order valence-corrected chi connectivity index (χ4v) is 6.99. The van der Waals surface area contributed by atoms with E-state index in [-0.39, 0.29) is 31.1 Å². The van der Waals surface area contributed by atoms with E-state index in [1.165, 1.54) is 135 Å². The first-order valence-corrected chi connectivity index (χ1v) is 24.3. The van der Waals surface area contributed by atoms with Crippen molar-refractivity contribution in [1.29, 1.82) is 0 Å². The summed E-state index contributed by atoms with van der Waals surface area (Å²) in [5, 5.41) is 0. The van der Waals surface area contributed by atoms with Crippen LogP contribution in [-0.4, -0.2) is 37.2 Å². The Morgan fingerprint density at radius 1 is 0.357 bits per heavy atom. The molecule has 0 aromatic carbocycles. The molecule has 0 aromatic heterocycles. The van der Waals surface area contributed by atoms with Crippen molar-refractivity contribution in [3.8, 4) is 0 Å². The van der Waals surface area contributed by atoms with Crippen molar-refractivity contribution < 1.29 is 28.6 Å². The zero-order valence-electron chi connectivity index (χ0n) is 37.4. The Balaban J connectivity index is 4.33. The Kier molecular flexibility index (Phi) is 43.9. The average molecular weight is 789 g/mol. The Bertz CT molecular complexity index is 911. The number of carbonyl (C=O) groups is 3. The van der Waals surface area contributed by atoms with Crippen LogP contribution in [0.4, 0.5) is 0 Å². The SMILES string of the molecule is CCCC/C=C\C/C=C\CCCCCCCC(=O)O[C@H](COC(=O)CCCCCCCCCCC)COC(=O)CCCCCCCCCCCCCCCCC. The molecule has 0 saturated heterocycles. The number of esters is 3. The molecule has 6 nitrogen and oxygen atoms in total. The summed E-state index contributed by atoms with van der Waals surface area (Å²) in [6, 6.07) is 0. The van der Waals surface area contributed by atoms with Crippen LogP contribution in [0.1, 0.15) is 258 Å². The minimum Gasteiger partial charge on any atom is -0.462 e. The van der Waals surface area contributed by atoms with Gasteiger partial charge in [0.05, 0.1) is 0 Å². The van der Waals surface area contributed by atoms with Crippen molar-refractivity contribution >= 4 is 17.9 Å². The van der Waals surface area contributed by atoms with Gasteiger partial charge in [-0.2, -0.15) is 0 Å². The summed E-state index contributed by atoms with van der Waals surface area (Å²) in [4.78, 5) is 37.8. The van der Waals surface area contributed by atoms with Gasteiger partial charge < -0.3 is 14.2 Å². The fourth-order valence-electron chi connectivity index (χ4n) is 6.99. The summed E-state index contributed by atoms with van der Waals surface area (Å²) < 4.78 is 16.7. The van der Waals surface area contributed by atoms with Gasteiger partial charge in [-0.05, 0) is 44.9 Å². The molecular formula is C50H92O6. The molecule has 1 atom stereocenters. The lowest BCUT2D eigenvalue weighted by molar-refractivity contribution is -0.167. The van der Waals surface area contributed by atoms with Crippen LogP contribution in [0.3, 0.4) is 0 Å². The number of rotatable bonds is 44. The number of hydrogen-bond donors (Lipinski definition) is 0. The second kappa shape index (κ2) is 45.6. The van der Waals surface area contributed by atoms with Gasteiger partial charge in [-0.3, -0.25) is 14.4 Å². The van der Waals surface area contributed by atoms with Gasteiger partial charge in [0.25, 0.3) is 0 Å². The Labute approximate surface area is 347 Å². The van der Waals surface area contributed by atoms with Crippen molar-refractivity contribution in [2.24, 2.45) is 0 Å². The maximum atomic E-state index is 12.7. The molecule has 6 heteroatoms. The Morgan fingerprint density at radius 2 is 0.661 bits per heavy atom. The van der Waals surface area contributed by atoms with Crippen molar-refractivity contribution in [2.75, 3.05) is 13.2 Å². The lowest BCUT2D eigenvalue weighted by Crippen LogP contribution is -2.30. The Morgan fingerprint density at radius 3 is 1.04 bits per heavy atom. The number of allylic oxidation sites excluding steroid dienone is 4. The van der Waals surface area contributed by atoms with Gasteiger partial charge in [0.2, 0.25) is 0 Å². The monoisotopic (exact) mass is 789 g/mol. The van der Waals surface area contributed by atoms with Crippen LogP contribution in [0.2, 0.25) is 0 Å². The number of carbonyl (C=O) groups excluding carboxylic acids is 3. The smallest absolute Gasteiger partial charge is 0.306 e. The van der Waals surface area contributed by atoms with E-state index in [9.17, 15) is 14.4 Å². The topological polar surface area (TPSA) is 78.9 Å². The zero-order valence-corrected chi connectivity index (χ0v) is 37.4. The van der Waals surface area contributed by atoms with Gasteiger partial charge in [0.15, 0.2) is 6.10 Å². The van der Waals surface area contributed by atoms with Gasteiger partial charge in [-0.1, -0.05) is 218 Å². The van der Waals surface area contributed by atoms with Gasteiger partial charge in [0, 0.05) is 19.3 Å². The first-order chi connectivity index (χ1) is 27.5. The van der Waals surface area contributed by atoms with E-state index < -0.39 is 6.10 Å². The predicted octanol–water partition coefficient (Wildman–Crippen LogP) is 15.6. The minimum atomic E-state index is -0.771. The third-order valence-electron chi connectivity index (χ3n) is 10.7. The fraction of sp³-hybridized carbons (Fsp3) is 0.860. The van der Waals surface area contributed by atoms with Crippen LogP contribution in [0.5, 0.6) is 0 Å². The van der Waals surface area contributed by atoms with Crippen LogP contribution in [0.25, 0.3) is 0 Å². The van der Waals surface area contributed by atoms with Crippen LogP contribution in [0.15, 0.2) is 24.3 Å². The second-order valence-electron chi connectivity index (χ2n) is 16.4. The van der Waals surface area contributed by atoms with E-state index in [1.54, 1.807) is 0 Å². The largest absolute Gasteiger partial charge is 0.462 e. The molecule has 0 fully saturated rings. The van der Waals surface area contributed by atoms with Crippen LogP contribution in [0, 0.1) is 0 Å². The molecule has 0 aliphatic carbocycles. The second-order valence-corrected chi connectivity index (χ2v) is 16.4. The molecule has 0 aliphatic heterocycles. The molecule has 0 N–H and O–H groups in total. The molecule has 0 saturated carbocycles. The van der Waals surface area contributed by atoms with E-state index in [0.717, 1.165) is 83.5 Å². The predicted molar refractivity (Wildman–Crippen MR) is 238 cm³/mol. The van der Waals surface area contributed by atoms with E-state index in [2.05, 4.69) is 45.1 Å². The average Bonchev–Trinajstić information content (AvgIpc) is 3.19. The summed E-state index contributed by atoms with van der Waals surface area (Å²) in [7, 11) is 0. The quantitative estimate of drug-likeness (QED) is 0.0265. The van der Waals surface area contributed by atoms with Crippen LogP contribution < -0.4 is 0 Å². The van der Waals surface area contributed by atoms with Crippen molar-refractivity contribution in [1.82, 2.24) is 0 Å². The minimum absolute atomic E-state index is 0.0727. The molecule has 0 unspecified atom stereocenters. The van der Waals surface area contributed by atoms with E-state index in [1.807, 2.05) is 0 Å². The first kappa shape index (κ1) is 53.9. The van der Waals surface area contributed by atoms with E-state index >= 15 is 0 Å². The molecule has 0 aromatic rings. The Hall–Kier alpha value is -2.11. The molecule has 0 amide bonds. The van der Waals surface area contributed by atoms with Crippen LogP contribution in [-0.2, 0) is 28.6 Å². The summed E-state index contributed by atoms with van der Waals surface area (Å²) >= 11 is 0. The molecule has 0 rings (SSSR count). The molecule has 0 radical (unpaired) electrons. The third kappa shape index (κ3) is 43.0. The summed E-state index contributed by atoms with van der Waals surface area (Å²) in [5.41, 5.74) is 0. The highest BCUT2D eigenvalue weighted by atomic mass is 16.6. The molecule has 328 valence electrons. The van der Waals surface area contributed by atoms with Gasteiger partial charge in [-0.15, -0.1) is 0 Å². The standard InChI is InChI=1S/C50H92O6/c1-4-7-10-13-16-19-21-23-25-27-28-31-34-37-40-43-49(52)55-46-47(45-54-48(51)42-39-36-33-30-18-15-12-9-6-3)56-50(53)44-41-38-35-32-29-26-24-22-20-17-14-11-8-5-2/h14,17,22,24,47H,4-13,15-16,18-21,23,25-46H2,1-3H3/b17-14-,24-22-/t47-/m1/s1. The molecule has 0 spiro atoms. The van der Waals surface area contributed by atoms with Gasteiger partial charge in [0.1, 0.15) is 13.2 Å². The highest BCUT2D eigenvalue weighted by molar-refractivity contribution is 5.71.